The number of anilines is 1. The van der Waals surface area contributed by atoms with E-state index in [1.54, 1.807) is 60.7 Å². The molecule has 0 saturated carbocycles. The SMILES string of the molecule is CCCOc1ccc(/C(O)=C2\C(=O)C(=O)N(c3ccccn3)[C@@H]2c2ccc(OC)c(OC)c2)cc1. The number of ether oxygens (including phenoxy) is 3. The van der Waals surface area contributed by atoms with E-state index in [9.17, 15) is 14.7 Å². The van der Waals surface area contributed by atoms with Crippen LogP contribution < -0.4 is 19.1 Å². The molecule has 1 saturated heterocycles. The van der Waals surface area contributed by atoms with Gasteiger partial charge in [0.1, 0.15) is 17.3 Å². The first-order chi connectivity index (χ1) is 17.0. The molecule has 0 bridgehead atoms. The molecule has 4 rings (SSSR count). The van der Waals surface area contributed by atoms with Gasteiger partial charge in [0.25, 0.3) is 5.78 Å². The zero-order valence-electron chi connectivity index (χ0n) is 19.7. The van der Waals surface area contributed by atoms with E-state index in [1.807, 2.05) is 6.92 Å². The van der Waals surface area contributed by atoms with E-state index in [1.165, 1.54) is 25.3 Å². The number of aromatic nitrogens is 1. The van der Waals surface area contributed by atoms with Crippen LogP contribution in [0.5, 0.6) is 17.2 Å². The number of Topliss-reactive ketones (excluding diaryl/α,β-unsaturated/α-hetero) is 1. The molecule has 0 spiro atoms. The highest BCUT2D eigenvalue weighted by atomic mass is 16.5. The Morgan fingerprint density at radius 1 is 1.00 bits per heavy atom. The molecule has 1 N–H and O–H groups in total. The minimum absolute atomic E-state index is 0.0462. The van der Waals surface area contributed by atoms with Crippen LogP contribution in [0, 0.1) is 0 Å². The topological polar surface area (TPSA) is 98.2 Å². The number of nitrogens with zero attached hydrogens (tertiary/aromatic N) is 2. The maximum atomic E-state index is 13.3. The minimum atomic E-state index is -0.930. The second-order valence-electron chi connectivity index (χ2n) is 7.84. The largest absolute Gasteiger partial charge is 0.507 e. The van der Waals surface area contributed by atoms with Gasteiger partial charge < -0.3 is 19.3 Å². The number of aliphatic hydroxyl groups is 1. The third-order valence-electron chi connectivity index (χ3n) is 5.66. The Balaban J connectivity index is 1.87. The van der Waals surface area contributed by atoms with Crippen LogP contribution in [0.4, 0.5) is 5.82 Å². The molecule has 1 atom stereocenters. The van der Waals surface area contributed by atoms with Gasteiger partial charge in [0.05, 0.1) is 32.4 Å². The molecule has 3 aromatic rings. The number of carbonyl (C=O) groups excluding carboxylic acids is 2. The van der Waals surface area contributed by atoms with Crippen LogP contribution in [-0.2, 0) is 9.59 Å². The number of benzene rings is 2. The van der Waals surface area contributed by atoms with Gasteiger partial charge in [0.15, 0.2) is 11.5 Å². The Bertz CT molecular complexity index is 1250. The molecule has 1 fully saturated rings. The zero-order valence-corrected chi connectivity index (χ0v) is 19.7. The summed E-state index contributed by atoms with van der Waals surface area (Å²) >= 11 is 0. The summed E-state index contributed by atoms with van der Waals surface area (Å²) in [4.78, 5) is 32.0. The lowest BCUT2D eigenvalue weighted by Crippen LogP contribution is -2.30. The molecule has 1 amide bonds. The van der Waals surface area contributed by atoms with E-state index in [0.717, 1.165) is 6.42 Å². The summed E-state index contributed by atoms with van der Waals surface area (Å²) in [5.74, 6) is -0.0240. The maximum Gasteiger partial charge on any atom is 0.301 e. The molecule has 8 nitrogen and oxygen atoms in total. The lowest BCUT2D eigenvalue weighted by molar-refractivity contribution is -0.132. The highest BCUT2D eigenvalue weighted by Crippen LogP contribution is 2.43. The van der Waals surface area contributed by atoms with E-state index < -0.39 is 17.7 Å². The van der Waals surface area contributed by atoms with E-state index >= 15 is 0 Å². The number of pyridine rings is 1. The quantitative estimate of drug-likeness (QED) is 0.291. The zero-order chi connectivity index (χ0) is 24.9. The molecule has 2 heterocycles. The molecule has 35 heavy (non-hydrogen) atoms. The van der Waals surface area contributed by atoms with Crippen LogP contribution in [0.1, 0.15) is 30.5 Å². The van der Waals surface area contributed by atoms with Crippen molar-refractivity contribution in [1.82, 2.24) is 4.98 Å². The van der Waals surface area contributed by atoms with E-state index in [2.05, 4.69) is 4.98 Å². The number of hydrogen-bond donors (Lipinski definition) is 1. The third-order valence-corrected chi connectivity index (χ3v) is 5.66. The molecule has 0 unspecified atom stereocenters. The molecular formula is C27H26N2O6. The first-order valence-electron chi connectivity index (χ1n) is 11.2. The van der Waals surface area contributed by atoms with Gasteiger partial charge >= 0.3 is 5.91 Å². The number of hydrogen-bond acceptors (Lipinski definition) is 7. The summed E-state index contributed by atoms with van der Waals surface area (Å²) in [6, 6.07) is 16.0. The van der Waals surface area contributed by atoms with Crippen LogP contribution in [0.25, 0.3) is 5.76 Å². The van der Waals surface area contributed by atoms with Crippen LogP contribution in [0.2, 0.25) is 0 Å². The highest BCUT2D eigenvalue weighted by Gasteiger charge is 2.47. The fraction of sp³-hybridized carbons (Fsp3) is 0.222. The Morgan fingerprint density at radius 2 is 1.74 bits per heavy atom. The van der Waals surface area contributed by atoms with Crippen molar-refractivity contribution in [1.29, 1.82) is 0 Å². The molecule has 1 aliphatic rings. The number of methoxy groups -OCH3 is 2. The van der Waals surface area contributed by atoms with E-state index in [-0.39, 0.29) is 17.2 Å². The van der Waals surface area contributed by atoms with Crippen molar-refractivity contribution in [2.24, 2.45) is 0 Å². The Kier molecular flexibility index (Phi) is 7.01. The Hall–Kier alpha value is -4.33. The van der Waals surface area contributed by atoms with Crippen LogP contribution in [0.15, 0.2) is 72.4 Å². The number of rotatable bonds is 8. The second-order valence-corrected chi connectivity index (χ2v) is 7.84. The Morgan fingerprint density at radius 3 is 2.37 bits per heavy atom. The smallest absolute Gasteiger partial charge is 0.301 e. The van der Waals surface area contributed by atoms with Gasteiger partial charge in [-0.25, -0.2) is 4.98 Å². The number of ketones is 1. The average Bonchev–Trinajstić information content (AvgIpc) is 3.17. The molecule has 2 aromatic carbocycles. The third kappa shape index (κ3) is 4.55. The van der Waals surface area contributed by atoms with E-state index in [4.69, 9.17) is 14.2 Å². The normalized spacial score (nSPS) is 16.9. The van der Waals surface area contributed by atoms with Crippen molar-refractivity contribution >= 4 is 23.3 Å². The van der Waals surface area contributed by atoms with Gasteiger partial charge in [0.2, 0.25) is 0 Å². The molecule has 180 valence electrons. The predicted molar refractivity (Wildman–Crippen MR) is 131 cm³/mol. The van der Waals surface area contributed by atoms with Crippen molar-refractivity contribution in [2.45, 2.75) is 19.4 Å². The molecular weight excluding hydrogens is 448 g/mol. The molecule has 1 aliphatic heterocycles. The van der Waals surface area contributed by atoms with Crippen LogP contribution in [-0.4, -0.2) is 42.6 Å². The average molecular weight is 475 g/mol. The fourth-order valence-corrected chi connectivity index (χ4v) is 3.99. The first-order valence-corrected chi connectivity index (χ1v) is 11.2. The first kappa shape index (κ1) is 23.8. The molecule has 0 aliphatic carbocycles. The number of carbonyl (C=O) groups is 2. The van der Waals surface area contributed by atoms with Crippen LogP contribution in [0.3, 0.4) is 0 Å². The summed E-state index contributed by atoms with van der Waals surface area (Å²) in [6.07, 6.45) is 2.40. The van der Waals surface area contributed by atoms with Gasteiger partial charge in [-0.2, -0.15) is 0 Å². The number of aliphatic hydroxyl groups excluding tert-OH is 1. The summed E-state index contributed by atoms with van der Waals surface area (Å²) in [6.45, 7) is 2.58. The van der Waals surface area contributed by atoms with Crippen molar-refractivity contribution < 1.29 is 28.9 Å². The molecule has 8 heteroatoms. The fourth-order valence-electron chi connectivity index (χ4n) is 3.99. The maximum absolute atomic E-state index is 13.3. The summed E-state index contributed by atoms with van der Waals surface area (Å²) < 4.78 is 16.4. The van der Waals surface area contributed by atoms with E-state index in [0.29, 0.717) is 35.0 Å². The summed E-state index contributed by atoms with van der Waals surface area (Å²) in [5, 5.41) is 11.3. The summed E-state index contributed by atoms with van der Waals surface area (Å²) in [7, 11) is 3.02. The van der Waals surface area contributed by atoms with Crippen molar-refractivity contribution in [3.8, 4) is 17.2 Å². The van der Waals surface area contributed by atoms with Crippen molar-refractivity contribution in [3.63, 3.8) is 0 Å². The van der Waals surface area contributed by atoms with Crippen molar-refractivity contribution in [2.75, 3.05) is 25.7 Å². The van der Waals surface area contributed by atoms with Gasteiger partial charge in [0, 0.05) is 11.8 Å². The van der Waals surface area contributed by atoms with Gasteiger partial charge in [-0.3, -0.25) is 14.5 Å². The standard InChI is InChI=1S/C27H26N2O6/c1-4-15-35-19-11-8-17(9-12-19)25(30)23-24(18-10-13-20(33-2)21(16-18)34-3)29(27(32)26(23)31)22-7-5-6-14-28-22/h5-14,16,24,30H,4,15H2,1-3H3/b25-23+/t24-/m1/s1. The molecule has 1 aromatic heterocycles. The van der Waals surface area contributed by atoms with Gasteiger partial charge in [-0.05, 0) is 60.5 Å². The second kappa shape index (κ2) is 10.3. The lowest BCUT2D eigenvalue weighted by atomic mass is 9.95. The predicted octanol–water partition coefficient (Wildman–Crippen LogP) is 4.51. The number of amides is 1. The highest BCUT2D eigenvalue weighted by molar-refractivity contribution is 6.51. The lowest BCUT2D eigenvalue weighted by Gasteiger charge is -2.25. The minimum Gasteiger partial charge on any atom is -0.507 e. The van der Waals surface area contributed by atoms with Gasteiger partial charge in [-0.15, -0.1) is 0 Å². The van der Waals surface area contributed by atoms with Gasteiger partial charge in [-0.1, -0.05) is 19.1 Å². The monoisotopic (exact) mass is 474 g/mol. The van der Waals surface area contributed by atoms with Crippen LogP contribution >= 0.6 is 0 Å². The molecule has 0 radical (unpaired) electrons. The van der Waals surface area contributed by atoms with Crippen molar-refractivity contribution in [3.05, 3.63) is 83.6 Å². The Labute approximate surface area is 203 Å². The summed E-state index contributed by atoms with van der Waals surface area (Å²) in [5.41, 5.74) is 0.894.